The topological polar surface area (TPSA) is 21.3 Å². The van der Waals surface area contributed by atoms with Crippen LogP contribution in [-0.2, 0) is 4.74 Å². The van der Waals surface area contributed by atoms with Crippen LogP contribution in [0.15, 0.2) is 0 Å². The van der Waals surface area contributed by atoms with Crippen molar-refractivity contribution < 1.29 is 4.74 Å². The average Bonchev–Trinajstić information content (AvgIpc) is 2.05. The fraction of sp³-hybridized carbons (Fsp3) is 1.00. The Hall–Kier alpha value is -0.0800. The molecule has 0 amide bonds. The van der Waals surface area contributed by atoms with E-state index in [1.54, 1.807) is 0 Å². The predicted molar refractivity (Wildman–Crippen MR) is 46.7 cm³/mol. The fourth-order valence-electron chi connectivity index (χ4n) is 1.43. The highest BCUT2D eigenvalue weighted by molar-refractivity contribution is 4.88. The molecule has 1 saturated heterocycles. The van der Waals surface area contributed by atoms with E-state index >= 15 is 0 Å². The molecule has 0 saturated carbocycles. The van der Waals surface area contributed by atoms with E-state index in [1.807, 2.05) is 0 Å². The molecule has 2 heteroatoms. The number of rotatable bonds is 2. The van der Waals surface area contributed by atoms with Crippen LogP contribution in [0.2, 0.25) is 0 Å². The number of morpholine rings is 1. The minimum atomic E-state index is 0.221. The second-order valence-corrected chi connectivity index (χ2v) is 3.68. The van der Waals surface area contributed by atoms with E-state index in [0.717, 1.165) is 26.1 Å². The van der Waals surface area contributed by atoms with Crippen LogP contribution in [0.5, 0.6) is 0 Å². The molecule has 1 N–H and O–H groups in total. The van der Waals surface area contributed by atoms with Crippen molar-refractivity contribution in [2.24, 2.45) is 0 Å². The standard InChI is InChI=1S/C9H19NO/c1-4-8-6-11-7-9(3,5-2)10-8/h8,10H,4-7H2,1-3H3. The summed E-state index contributed by atoms with van der Waals surface area (Å²) in [6, 6.07) is 0.564. The lowest BCUT2D eigenvalue weighted by atomic mass is 9.96. The van der Waals surface area contributed by atoms with Crippen molar-refractivity contribution in [3.05, 3.63) is 0 Å². The Morgan fingerprint density at radius 2 is 2.27 bits per heavy atom. The van der Waals surface area contributed by atoms with Gasteiger partial charge in [0.25, 0.3) is 0 Å². The summed E-state index contributed by atoms with van der Waals surface area (Å²) in [6.07, 6.45) is 2.30. The minimum Gasteiger partial charge on any atom is -0.378 e. The van der Waals surface area contributed by atoms with Crippen molar-refractivity contribution in [2.45, 2.75) is 45.2 Å². The van der Waals surface area contributed by atoms with E-state index in [2.05, 4.69) is 26.1 Å². The van der Waals surface area contributed by atoms with Gasteiger partial charge in [-0.3, -0.25) is 0 Å². The van der Waals surface area contributed by atoms with Crippen molar-refractivity contribution in [2.75, 3.05) is 13.2 Å². The van der Waals surface area contributed by atoms with Gasteiger partial charge in [0.1, 0.15) is 0 Å². The smallest absolute Gasteiger partial charge is 0.0646 e. The summed E-state index contributed by atoms with van der Waals surface area (Å²) in [5.41, 5.74) is 0.221. The van der Waals surface area contributed by atoms with E-state index < -0.39 is 0 Å². The molecule has 0 spiro atoms. The predicted octanol–water partition coefficient (Wildman–Crippen LogP) is 1.55. The maximum absolute atomic E-state index is 5.52. The summed E-state index contributed by atoms with van der Waals surface area (Å²) < 4.78 is 5.52. The first-order valence-corrected chi connectivity index (χ1v) is 4.55. The minimum absolute atomic E-state index is 0.221. The summed E-state index contributed by atoms with van der Waals surface area (Å²) >= 11 is 0. The van der Waals surface area contributed by atoms with Crippen molar-refractivity contribution in [1.82, 2.24) is 5.32 Å². The molecular formula is C9H19NO. The lowest BCUT2D eigenvalue weighted by Crippen LogP contribution is -2.56. The maximum Gasteiger partial charge on any atom is 0.0646 e. The van der Waals surface area contributed by atoms with Gasteiger partial charge < -0.3 is 10.1 Å². The molecule has 2 atom stereocenters. The van der Waals surface area contributed by atoms with E-state index in [0.29, 0.717) is 6.04 Å². The second kappa shape index (κ2) is 3.55. The van der Waals surface area contributed by atoms with E-state index in [9.17, 15) is 0 Å². The third-order valence-electron chi connectivity index (χ3n) is 2.57. The van der Waals surface area contributed by atoms with Gasteiger partial charge in [-0.05, 0) is 19.8 Å². The molecule has 2 unspecified atom stereocenters. The van der Waals surface area contributed by atoms with Gasteiger partial charge in [0, 0.05) is 11.6 Å². The SMILES string of the molecule is CCC1COCC(C)(CC)N1. The quantitative estimate of drug-likeness (QED) is 0.656. The zero-order chi connectivity index (χ0) is 8.32. The monoisotopic (exact) mass is 157 g/mol. The van der Waals surface area contributed by atoms with E-state index in [4.69, 9.17) is 4.74 Å². The normalized spacial score (nSPS) is 39.0. The van der Waals surface area contributed by atoms with Gasteiger partial charge in [0.15, 0.2) is 0 Å². The highest BCUT2D eigenvalue weighted by Crippen LogP contribution is 2.16. The van der Waals surface area contributed by atoms with Crippen LogP contribution in [0.25, 0.3) is 0 Å². The Bertz CT molecular complexity index is 127. The van der Waals surface area contributed by atoms with Crippen LogP contribution < -0.4 is 5.32 Å². The van der Waals surface area contributed by atoms with Crippen LogP contribution in [0.4, 0.5) is 0 Å². The average molecular weight is 157 g/mol. The van der Waals surface area contributed by atoms with Crippen LogP contribution in [0.3, 0.4) is 0 Å². The summed E-state index contributed by atoms with van der Waals surface area (Å²) in [4.78, 5) is 0. The third kappa shape index (κ3) is 2.17. The Kier molecular flexibility index (Phi) is 2.90. The molecule has 0 bridgehead atoms. The first-order valence-electron chi connectivity index (χ1n) is 4.55. The molecule has 1 aliphatic rings. The molecule has 66 valence electrons. The zero-order valence-electron chi connectivity index (χ0n) is 7.81. The Morgan fingerprint density at radius 3 is 2.82 bits per heavy atom. The Balaban J connectivity index is 2.44. The zero-order valence-corrected chi connectivity index (χ0v) is 7.81. The van der Waals surface area contributed by atoms with Crippen molar-refractivity contribution in [3.8, 4) is 0 Å². The number of ether oxygens (including phenoxy) is 1. The molecule has 1 fully saturated rings. The summed E-state index contributed by atoms with van der Waals surface area (Å²) in [5, 5.41) is 3.60. The van der Waals surface area contributed by atoms with Gasteiger partial charge >= 0.3 is 0 Å². The molecule has 1 heterocycles. The van der Waals surface area contributed by atoms with Crippen molar-refractivity contribution in [3.63, 3.8) is 0 Å². The Morgan fingerprint density at radius 1 is 1.55 bits per heavy atom. The Labute approximate surface area is 69.3 Å². The maximum atomic E-state index is 5.52. The molecular weight excluding hydrogens is 138 g/mol. The highest BCUT2D eigenvalue weighted by Gasteiger charge is 2.29. The molecule has 0 radical (unpaired) electrons. The van der Waals surface area contributed by atoms with E-state index in [-0.39, 0.29) is 5.54 Å². The number of hydrogen-bond donors (Lipinski definition) is 1. The van der Waals surface area contributed by atoms with Gasteiger partial charge in [0.05, 0.1) is 13.2 Å². The van der Waals surface area contributed by atoms with Crippen LogP contribution >= 0.6 is 0 Å². The molecule has 1 aliphatic heterocycles. The van der Waals surface area contributed by atoms with Crippen molar-refractivity contribution in [1.29, 1.82) is 0 Å². The summed E-state index contributed by atoms with van der Waals surface area (Å²) in [6.45, 7) is 8.37. The molecule has 0 aliphatic carbocycles. The molecule has 0 aromatic rings. The lowest BCUT2D eigenvalue weighted by molar-refractivity contribution is 0.00347. The highest BCUT2D eigenvalue weighted by atomic mass is 16.5. The largest absolute Gasteiger partial charge is 0.378 e. The van der Waals surface area contributed by atoms with Crippen molar-refractivity contribution >= 4 is 0 Å². The van der Waals surface area contributed by atoms with Gasteiger partial charge in [-0.2, -0.15) is 0 Å². The van der Waals surface area contributed by atoms with Gasteiger partial charge in [-0.15, -0.1) is 0 Å². The van der Waals surface area contributed by atoms with Crippen LogP contribution in [0.1, 0.15) is 33.6 Å². The molecule has 1 rings (SSSR count). The van der Waals surface area contributed by atoms with Gasteiger partial charge in [-0.1, -0.05) is 13.8 Å². The van der Waals surface area contributed by atoms with Crippen LogP contribution in [0, 0.1) is 0 Å². The summed E-state index contributed by atoms with van der Waals surface area (Å²) in [5.74, 6) is 0. The van der Waals surface area contributed by atoms with E-state index in [1.165, 1.54) is 0 Å². The third-order valence-corrected chi connectivity index (χ3v) is 2.57. The molecule has 2 nitrogen and oxygen atoms in total. The summed E-state index contributed by atoms with van der Waals surface area (Å²) in [7, 11) is 0. The van der Waals surface area contributed by atoms with Gasteiger partial charge in [0.2, 0.25) is 0 Å². The van der Waals surface area contributed by atoms with Crippen LogP contribution in [-0.4, -0.2) is 24.8 Å². The molecule has 11 heavy (non-hydrogen) atoms. The first-order chi connectivity index (χ1) is 5.20. The fourth-order valence-corrected chi connectivity index (χ4v) is 1.43. The first kappa shape index (κ1) is 9.01. The molecule has 0 aromatic heterocycles. The van der Waals surface area contributed by atoms with Gasteiger partial charge in [-0.25, -0.2) is 0 Å². The second-order valence-electron chi connectivity index (χ2n) is 3.68. The number of nitrogens with one attached hydrogen (secondary N) is 1. The molecule has 0 aromatic carbocycles. The lowest BCUT2D eigenvalue weighted by Gasteiger charge is -2.38. The number of hydrogen-bond acceptors (Lipinski definition) is 2.